The minimum atomic E-state index is -3.59. The van der Waals surface area contributed by atoms with Gasteiger partial charge in [0, 0.05) is 26.2 Å². The molecule has 6 nitrogen and oxygen atoms in total. The summed E-state index contributed by atoms with van der Waals surface area (Å²) in [6.07, 6.45) is 0. The van der Waals surface area contributed by atoms with E-state index in [-0.39, 0.29) is 43.4 Å². The number of sulfonamides is 1. The van der Waals surface area contributed by atoms with Crippen LogP contribution in [0.2, 0.25) is 0 Å². The van der Waals surface area contributed by atoms with Crippen LogP contribution < -0.4 is 0 Å². The lowest BCUT2D eigenvalue weighted by atomic mass is 10.1. The highest BCUT2D eigenvalue weighted by atomic mass is 32.2. The summed E-state index contributed by atoms with van der Waals surface area (Å²) in [5.41, 5.74) is 2.87. The van der Waals surface area contributed by atoms with Crippen LogP contribution in [-0.2, 0) is 10.0 Å². The summed E-state index contributed by atoms with van der Waals surface area (Å²) in [6.45, 7) is 6.61. The minimum absolute atomic E-state index is 0.0593. The van der Waals surface area contributed by atoms with E-state index in [1.165, 1.54) is 10.4 Å². The van der Waals surface area contributed by atoms with E-state index < -0.39 is 10.0 Å². The van der Waals surface area contributed by atoms with Crippen molar-refractivity contribution in [3.8, 4) is 5.75 Å². The number of aromatic hydroxyl groups is 1. The van der Waals surface area contributed by atoms with Gasteiger partial charge in [0.15, 0.2) is 0 Å². The zero-order chi connectivity index (χ0) is 19.8. The van der Waals surface area contributed by atoms with Gasteiger partial charge in [0.05, 0.1) is 10.5 Å². The van der Waals surface area contributed by atoms with E-state index in [1.54, 1.807) is 36.1 Å². The molecule has 0 spiro atoms. The van der Waals surface area contributed by atoms with Crippen molar-refractivity contribution in [2.24, 2.45) is 0 Å². The number of benzene rings is 2. The van der Waals surface area contributed by atoms with Crippen molar-refractivity contribution >= 4 is 15.9 Å². The number of carbonyl (C=O) groups is 1. The molecule has 1 aliphatic heterocycles. The molecule has 0 radical (unpaired) electrons. The largest absolute Gasteiger partial charge is 0.507 e. The van der Waals surface area contributed by atoms with Gasteiger partial charge in [-0.2, -0.15) is 4.31 Å². The smallest absolute Gasteiger partial charge is 0.257 e. The van der Waals surface area contributed by atoms with Gasteiger partial charge >= 0.3 is 0 Å². The normalized spacial score (nSPS) is 15.7. The van der Waals surface area contributed by atoms with E-state index in [0.717, 1.165) is 16.7 Å². The molecule has 0 atom stereocenters. The number of phenols is 1. The van der Waals surface area contributed by atoms with Crippen molar-refractivity contribution < 1.29 is 18.3 Å². The van der Waals surface area contributed by atoms with Crippen LogP contribution in [-0.4, -0.2) is 54.8 Å². The number of rotatable bonds is 3. The Labute approximate surface area is 160 Å². The Morgan fingerprint density at radius 2 is 1.52 bits per heavy atom. The van der Waals surface area contributed by atoms with Crippen LogP contribution >= 0.6 is 0 Å². The highest BCUT2D eigenvalue weighted by molar-refractivity contribution is 7.89. The van der Waals surface area contributed by atoms with Crippen molar-refractivity contribution in [2.75, 3.05) is 26.2 Å². The molecule has 0 bridgehead atoms. The molecule has 0 aliphatic carbocycles. The second kappa shape index (κ2) is 7.32. The van der Waals surface area contributed by atoms with Gasteiger partial charge < -0.3 is 10.0 Å². The Bertz CT molecular complexity index is 977. The number of piperazine rings is 1. The third-order valence-corrected chi connectivity index (χ3v) is 6.92. The highest BCUT2D eigenvalue weighted by Gasteiger charge is 2.31. The molecule has 7 heteroatoms. The van der Waals surface area contributed by atoms with Gasteiger partial charge in [-0.1, -0.05) is 29.3 Å². The molecule has 27 heavy (non-hydrogen) atoms. The monoisotopic (exact) mass is 388 g/mol. The average Bonchev–Trinajstić information content (AvgIpc) is 2.63. The van der Waals surface area contributed by atoms with Crippen LogP contribution in [0, 0.1) is 20.8 Å². The molecule has 1 N–H and O–H groups in total. The first-order valence-corrected chi connectivity index (χ1v) is 10.3. The molecule has 1 amide bonds. The lowest BCUT2D eigenvalue weighted by Gasteiger charge is -2.34. The number of aryl methyl sites for hydroxylation is 3. The molecule has 1 fully saturated rings. The van der Waals surface area contributed by atoms with Gasteiger partial charge in [-0.25, -0.2) is 8.42 Å². The number of nitrogens with zero attached hydrogens (tertiary/aromatic N) is 2. The number of hydrogen-bond donors (Lipinski definition) is 1. The fourth-order valence-electron chi connectivity index (χ4n) is 3.35. The maximum absolute atomic E-state index is 12.9. The molecule has 3 rings (SSSR count). The van der Waals surface area contributed by atoms with Crippen molar-refractivity contribution in [3.05, 3.63) is 58.7 Å². The number of amides is 1. The summed E-state index contributed by atoms with van der Waals surface area (Å²) < 4.78 is 27.3. The predicted octanol–water partition coefficient (Wildman–Crippen LogP) is 2.46. The van der Waals surface area contributed by atoms with Crippen LogP contribution in [0.25, 0.3) is 0 Å². The summed E-state index contributed by atoms with van der Waals surface area (Å²) in [7, 11) is -3.59. The molecule has 2 aromatic rings. The first kappa shape index (κ1) is 19.4. The molecule has 1 aliphatic rings. The summed E-state index contributed by atoms with van der Waals surface area (Å²) in [6, 6.07) is 10.2. The summed E-state index contributed by atoms with van der Waals surface area (Å²) in [4.78, 5) is 14.6. The average molecular weight is 388 g/mol. The Hall–Kier alpha value is -2.38. The first-order chi connectivity index (χ1) is 12.7. The number of phenolic OH excluding ortho intramolecular Hbond substituents is 1. The van der Waals surface area contributed by atoms with Crippen LogP contribution in [0.5, 0.6) is 5.75 Å². The molecule has 0 aromatic heterocycles. The Kier molecular flexibility index (Phi) is 5.26. The summed E-state index contributed by atoms with van der Waals surface area (Å²) in [5.74, 6) is -0.337. The van der Waals surface area contributed by atoms with Crippen LogP contribution in [0.1, 0.15) is 27.0 Å². The molecule has 2 aromatic carbocycles. The molecule has 0 unspecified atom stereocenters. The Morgan fingerprint density at radius 1 is 0.926 bits per heavy atom. The Balaban J connectivity index is 1.75. The number of hydrogen-bond acceptors (Lipinski definition) is 4. The zero-order valence-electron chi connectivity index (χ0n) is 15.8. The fourth-order valence-corrected chi connectivity index (χ4v) is 4.98. The molecule has 0 saturated carbocycles. The SMILES string of the molecule is Cc1ccc(S(=O)(=O)N2CCN(C(=O)c3cc(C)ccc3O)CC2)c(C)c1. The predicted molar refractivity (Wildman–Crippen MR) is 103 cm³/mol. The molecular formula is C20H24N2O4S. The van der Waals surface area contributed by atoms with Gasteiger partial charge in [0.2, 0.25) is 10.0 Å². The van der Waals surface area contributed by atoms with Gasteiger partial charge in [-0.15, -0.1) is 0 Å². The second-order valence-electron chi connectivity index (χ2n) is 6.99. The van der Waals surface area contributed by atoms with Gasteiger partial charge in [-0.3, -0.25) is 4.79 Å². The van der Waals surface area contributed by atoms with Crippen molar-refractivity contribution in [1.29, 1.82) is 0 Å². The molecule has 144 valence electrons. The lowest BCUT2D eigenvalue weighted by Crippen LogP contribution is -2.50. The fraction of sp³-hybridized carbons (Fsp3) is 0.350. The maximum atomic E-state index is 12.9. The third kappa shape index (κ3) is 3.84. The summed E-state index contributed by atoms with van der Waals surface area (Å²) >= 11 is 0. The standard InChI is InChI=1S/C20H24N2O4S/c1-14-5-7-19(16(3)12-14)27(25,26)22-10-8-21(9-11-22)20(24)17-13-15(2)4-6-18(17)23/h4-7,12-13,23H,8-11H2,1-3H3. The topological polar surface area (TPSA) is 77.9 Å². The third-order valence-electron chi connectivity index (χ3n) is 4.86. The van der Waals surface area contributed by atoms with Crippen molar-refractivity contribution in [2.45, 2.75) is 25.7 Å². The quantitative estimate of drug-likeness (QED) is 0.876. The number of carbonyl (C=O) groups excluding carboxylic acids is 1. The van der Waals surface area contributed by atoms with Crippen molar-refractivity contribution in [1.82, 2.24) is 9.21 Å². The zero-order valence-corrected chi connectivity index (χ0v) is 16.6. The van der Waals surface area contributed by atoms with Crippen LogP contribution in [0.4, 0.5) is 0 Å². The van der Waals surface area contributed by atoms with Crippen molar-refractivity contribution in [3.63, 3.8) is 0 Å². The molecule has 1 heterocycles. The van der Waals surface area contributed by atoms with Gasteiger partial charge in [-0.05, 0) is 44.5 Å². The first-order valence-electron chi connectivity index (χ1n) is 8.86. The lowest BCUT2D eigenvalue weighted by molar-refractivity contribution is 0.0694. The minimum Gasteiger partial charge on any atom is -0.507 e. The highest BCUT2D eigenvalue weighted by Crippen LogP contribution is 2.24. The second-order valence-corrected chi connectivity index (χ2v) is 8.89. The van der Waals surface area contributed by atoms with Crippen LogP contribution in [0.3, 0.4) is 0 Å². The van der Waals surface area contributed by atoms with E-state index in [2.05, 4.69) is 0 Å². The van der Waals surface area contributed by atoms with Gasteiger partial charge in [0.1, 0.15) is 5.75 Å². The Morgan fingerprint density at radius 3 is 2.15 bits per heavy atom. The van der Waals surface area contributed by atoms with E-state index in [9.17, 15) is 18.3 Å². The van der Waals surface area contributed by atoms with E-state index in [4.69, 9.17) is 0 Å². The molecular weight excluding hydrogens is 364 g/mol. The maximum Gasteiger partial charge on any atom is 0.257 e. The summed E-state index contributed by atoms with van der Waals surface area (Å²) in [5, 5.41) is 9.97. The van der Waals surface area contributed by atoms with Crippen LogP contribution in [0.15, 0.2) is 41.3 Å². The van der Waals surface area contributed by atoms with Gasteiger partial charge in [0.25, 0.3) is 5.91 Å². The molecule has 1 saturated heterocycles. The van der Waals surface area contributed by atoms with E-state index >= 15 is 0 Å². The van der Waals surface area contributed by atoms with E-state index in [1.807, 2.05) is 19.9 Å². The van der Waals surface area contributed by atoms with E-state index in [0.29, 0.717) is 4.90 Å².